The van der Waals surface area contributed by atoms with Crippen LogP contribution in [0.15, 0.2) is 12.3 Å². The predicted octanol–water partition coefficient (Wildman–Crippen LogP) is 1.03. The van der Waals surface area contributed by atoms with E-state index in [0.29, 0.717) is 12.8 Å². The van der Waals surface area contributed by atoms with Crippen LogP contribution in [0.2, 0.25) is 0 Å². The third kappa shape index (κ3) is 1.80. The molecule has 15 heavy (non-hydrogen) atoms. The Bertz CT molecular complexity index is 300. The van der Waals surface area contributed by atoms with Gasteiger partial charge in [0.2, 0.25) is 5.91 Å². The molecular weight excluding hydrogens is 209 g/mol. The van der Waals surface area contributed by atoms with Crippen molar-refractivity contribution in [2.75, 3.05) is 6.54 Å². The Morgan fingerprint density at radius 2 is 2.20 bits per heavy atom. The largest absolute Gasteiger partial charge is 0.410 e. The summed E-state index contributed by atoms with van der Waals surface area (Å²) in [5.41, 5.74) is 0. The van der Waals surface area contributed by atoms with E-state index in [4.69, 9.17) is 0 Å². The van der Waals surface area contributed by atoms with E-state index in [1.54, 1.807) is 6.08 Å². The van der Waals surface area contributed by atoms with Crippen LogP contribution in [0.5, 0.6) is 0 Å². The van der Waals surface area contributed by atoms with E-state index in [9.17, 15) is 18.0 Å². The highest BCUT2D eigenvalue weighted by molar-refractivity contribution is 5.83. The molecule has 0 aromatic carbocycles. The van der Waals surface area contributed by atoms with Crippen molar-refractivity contribution in [2.45, 2.75) is 31.1 Å². The number of fused-ring (bicyclic) bond motifs is 1. The number of piperazine rings is 1. The second-order valence-corrected chi connectivity index (χ2v) is 3.73. The van der Waals surface area contributed by atoms with E-state index in [2.05, 4.69) is 5.32 Å². The zero-order chi connectivity index (χ0) is 11.1. The van der Waals surface area contributed by atoms with Crippen LogP contribution in [0.3, 0.4) is 0 Å². The van der Waals surface area contributed by atoms with Gasteiger partial charge in [-0.15, -0.1) is 0 Å². The van der Waals surface area contributed by atoms with Crippen molar-refractivity contribution in [1.82, 2.24) is 10.2 Å². The zero-order valence-electron chi connectivity index (χ0n) is 7.92. The molecule has 1 amide bonds. The first kappa shape index (κ1) is 10.3. The molecule has 1 saturated heterocycles. The molecule has 1 N–H and O–H groups in total. The van der Waals surface area contributed by atoms with Crippen molar-refractivity contribution in [1.29, 1.82) is 0 Å². The van der Waals surface area contributed by atoms with Crippen molar-refractivity contribution >= 4 is 5.91 Å². The number of amides is 1. The van der Waals surface area contributed by atoms with Crippen molar-refractivity contribution in [3.63, 3.8) is 0 Å². The van der Waals surface area contributed by atoms with E-state index in [-0.39, 0.29) is 12.5 Å². The molecule has 2 aliphatic rings. The Hall–Kier alpha value is -1.20. The monoisotopic (exact) mass is 220 g/mol. The maximum absolute atomic E-state index is 12.6. The Morgan fingerprint density at radius 3 is 2.87 bits per heavy atom. The minimum absolute atomic E-state index is 0.306. The van der Waals surface area contributed by atoms with Gasteiger partial charge in [0.25, 0.3) is 0 Å². The zero-order valence-corrected chi connectivity index (χ0v) is 7.92. The molecule has 2 atom stereocenters. The molecule has 0 aliphatic carbocycles. The summed E-state index contributed by atoms with van der Waals surface area (Å²) in [7, 11) is 0. The van der Waals surface area contributed by atoms with Gasteiger partial charge < -0.3 is 10.2 Å². The third-order valence-corrected chi connectivity index (χ3v) is 2.75. The second-order valence-electron chi connectivity index (χ2n) is 3.73. The highest BCUT2D eigenvalue weighted by Gasteiger charge is 2.49. The van der Waals surface area contributed by atoms with Gasteiger partial charge in [0.15, 0.2) is 0 Å². The Balaban J connectivity index is 2.24. The summed E-state index contributed by atoms with van der Waals surface area (Å²) in [6, 6.07) is -2.24. The summed E-state index contributed by atoms with van der Waals surface area (Å²) >= 11 is 0. The quantitative estimate of drug-likeness (QED) is 0.661. The summed E-state index contributed by atoms with van der Waals surface area (Å²) in [4.78, 5) is 12.5. The Labute approximate surface area is 84.9 Å². The summed E-state index contributed by atoms with van der Waals surface area (Å²) in [6.45, 7) is -0.358. The van der Waals surface area contributed by atoms with Crippen LogP contribution in [-0.4, -0.2) is 35.6 Å². The van der Waals surface area contributed by atoms with Gasteiger partial charge in [0.05, 0.1) is 0 Å². The lowest BCUT2D eigenvalue weighted by Gasteiger charge is -2.43. The van der Waals surface area contributed by atoms with Crippen molar-refractivity contribution < 1.29 is 18.0 Å². The molecule has 2 unspecified atom stereocenters. The van der Waals surface area contributed by atoms with Gasteiger partial charge in [-0.3, -0.25) is 4.79 Å². The van der Waals surface area contributed by atoms with E-state index in [1.807, 2.05) is 0 Å². The van der Waals surface area contributed by atoms with Crippen molar-refractivity contribution in [2.24, 2.45) is 0 Å². The maximum atomic E-state index is 12.6. The normalized spacial score (nSPS) is 31.1. The highest BCUT2D eigenvalue weighted by Crippen LogP contribution is 2.31. The third-order valence-electron chi connectivity index (χ3n) is 2.75. The maximum Gasteiger partial charge on any atom is 0.410 e. The van der Waals surface area contributed by atoms with Gasteiger partial charge in [0, 0.05) is 6.54 Å². The fourth-order valence-corrected chi connectivity index (χ4v) is 2.00. The number of rotatable bonds is 0. The van der Waals surface area contributed by atoms with Crippen LogP contribution in [0.1, 0.15) is 12.8 Å². The molecule has 6 heteroatoms. The lowest BCUT2D eigenvalue weighted by atomic mass is 9.99. The van der Waals surface area contributed by atoms with Crippen LogP contribution in [0.4, 0.5) is 13.2 Å². The average molecular weight is 220 g/mol. The molecule has 0 saturated carbocycles. The van der Waals surface area contributed by atoms with Gasteiger partial charge in [-0.25, -0.2) is 0 Å². The molecule has 2 heterocycles. The van der Waals surface area contributed by atoms with Crippen LogP contribution in [0, 0.1) is 0 Å². The van der Waals surface area contributed by atoms with Gasteiger partial charge in [-0.2, -0.15) is 13.2 Å². The molecular formula is C9H11F3N2O. The highest BCUT2D eigenvalue weighted by atomic mass is 19.4. The fraction of sp³-hybridized carbons (Fsp3) is 0.667. The second kappa shape index (κ2) is 3.43. The number of nitrogens with zero attached hydrogens (tertiary/aromatic N) is 1. The molecule has 3 nitrogen and oxygen atoms in total. The number of carbonyl (C=O) groups is 1. The van der Waals surface area contributed by atoms with Crippen molar-refractivity contribution in [3.8, 4) is 0 Å². The first-order valence-corrected chi connectivity index (χ1v) is 4.78. The molecule has 0 aromatic rings. The SMILES string of the molecule is O=C1NCC(C(F)(F)F)N2C=CCCC12. The molecule has 0 aromatic heterocycles. The van der Waals surface area contributed by atoms with E-state index < -0.39 is 18.3 Å². The number of hydrogen-bond acceptors (Lipinski definition) is 2. The van der Waals surface area contributed by atoms with Crippen LogP contribution >= 0.6 is 0 Å². The Morgan fingerprint density at radius 1 is 1.47 bits per heavy atom. The lowest BCUT2D eigenvalue weighted by Crippen LogP contribution is -2.63. The first-order chi connectivity index (χ1) is 7.00. The van der Waals surface area contributed by atoms with Gasteiger partial charge in [0.1, 0.15) is 12.1 Å². The first-order valence-electron chi connectivity index (χ1n) is 4.78. The molecule has 2 rings (SSSR count). The van der Waals surface area contributed by atoms with E-state index in [1.165, 1.54) is 6.20 Å². The molecule has 84 valence electrons. The molecule has 0 bridgehead atoms. The molecule has 1 fully saturated rings. The van der Waals surface area contributed by atoms with Crippen molar-refractivity contribution in [3.05, 3.63) is 12.3 Å². The smallest absolute Gasteiger partial charge is 0.353 e. The Kier molecular flexibility index (Phi) is 2.36. The fourth-order valence-electron chi connectivity index (χ4n) is 2.00. The minimum Gasteiger partial charge on any atom is -0.353 e. The topological polar surface area (TPSA) is 32.3 Å². The number of nitrogens with one attached hydrogen (secondary N) is 1. The summed E-state index contributed by atoms with van der Waals surface area (Å²) in [6.07, 6.45) is -0.124. The molecule has 2 aliphatic heterocycles. The van der Waals surface area contributed by atoms with Crippen LogP contribution < -0.4 is 5.32 Å². The number of carbonyl (C=O) groups excluding carboxylic acids is 1. The summed E-state index contributed by atoms with van der Waals surface area (Å²) in [5, 5.41) is 2.30. The van der Waals surface area contributed by atoms with E-state index in [0.717, 1.165) is 4.90 Å². The standard InChI is InChI=1S/C9H11F3N2O/c10-9(11,12)7-5-13-8(15)6-3-1-2-4-14(6)7/h2,4,6-7H,1,3,5H2,(H,13,15). The molecule has 0 spiro atoms. The van der Waals surface area contributed by atoms with Gasteiger partial charge in [-0.05, 0) is 19.0 Å². The van der Waals surface area contributed by atoms with Gasteiger partial charge in [-0.1, -0.05) is 6.08 Å². The van der Waals surface area contributed by atoms with Gasteiger partial charge >= 0.3 is 6.18 Å². The predicted molar refractivity (Wildman–Crippen MR) is 46.9 cm³/mol. The van der Waals surface area contributed by atoms with Crippen LogP contribution in [0.25, 0.3) is 0 Å². The summed E-state index contributed by atoms with van der Waals surface area (Å²) < 4.78 is 37.8. The summed E-state index contributed by atoms with van der Waals surface area (Å²) in [5.74, 6) is -0.306. The van der Waals surface area contributed by atoms with Crippen LogP contribution in [-0.2, 0) is 4.79 Å². The minimum atomic E-state index is -4.30. The average Bonchev–Trinajstić information content (AvgIpc) is 2.17. The number of allylic oxidation sites excluding steroid dienone is 1. The molecule has 0 radical (unpaired) electrons. The number of halogens is 3. The van der Waals surface area contributed by atoms with E-state index >= 15 is 0 Å². The lowest BCUT2D eigenvalue weighted by molar-refractivity contribution is -0.189. The number of hydrogen-bond donors (Lipinski definition) is 1. The number of alkyl halides is 3.